The van der Waals surface area contributed by atoms with E-state index in [1.54, 1.807) is 11.8 Å². The highest BCUT2D eigenvalue weighted by molar-refractivity contribution is 5.86. The zero-order valence-corrected chi connectivity index (χ0v) is 11.7. The van der Waals surface area contributed by atoms with Crippen molar-refractivity contribution in [3.8, 4) is 0 Å². The van der Waals surface area contributed by atoms with Crippen LogP contribution >= 0.6 is 0 Å². The summed E-state index contributed by atoms with van der Waals surface area (Å²) in [7, 11) is 0. The molecule has 2 fully saturated rings. The average Bonchev–Trinajstić information content (AvgIpc) is 2.98. The van der Waals surface area contributed by atoms with E-state index in [-0.39, 0.29) is 24.9 Å². The van der Waals surface area contributed by atoms with Crippen molar-refractivity contribution in [3.63, 3.8) is 0 Å². The van der Waals surface area contributed by atoms with E-state index in [0.717, 1.165) is 6.20 Å². The van der Waals surface area contributed by atoms with E-state index in [4.69, 9.17) is 0 Å². The molecular weight excluding hydrogens is 281 g/mol. The number of pyridine rings is 1. The van der Waals surface area contributed by atoms with Crippen molar-refractivity contribution < 1.29 is 18.0 Å². The van der Waals surface area contributed by atoms with Crippen molar-refractivity contribution >= 4 is 5.91 Å². The molecule has 0 unspecified atom stereocenters. The Hall–Kier alpha value is -1.59. The molecule has 0 saturated carbocycles. The van der Waals surface area contributed by atoms with E-state index in [0.29, 0.717) is 18.4 Å². The summed E-state index contributed by atoms with van der Waals surface area (Å²) < 4.78 is 40.2. The summed E-state index contributed by atoms with van der Waals surface area (Å²) in [6, 6.07) is 0.833. The number of hydrogen-bond donors (Lipinski definition) is 0. The van der Waals surface area contributed by atoms with E-state index in [2.05, 4.69) is 4.98 Å². The highest BCUT2D eigenvalue weighted by atomic mass is 19.3. The second-order valence-corrected chi connectivity index (χ2v) is 5.91. The van der Waals surface area contributed by atoms with E-state index < -0.39 is 23.6 Å². The molecule has 2 saturated heterocycles. The Morgan fingerprint density at radius 1 is 1.43 bits per heavy atom. The van der Waals surface area contributed by atoms with Crippen LogP contribution in [0.25, 0.3) is 0 Å². The lowest BCUT2D eigenvalue weighted by Crippen LogP contribution is -2.40. The standard InChI is InChI=1S/C15H17F3N2O/c1-2-15(13(17)18)6-11-3-4-12(20(11)14(15)21)9-5-10(16)8-19-7-9/h5,7-8,11-13H,2-4,6H2,1H3/t11-,12-,15-/m1/s1. The quantitative estimate of drug-likeness (QED) is 0.857. The minimum Gasteiger partial charge on any atom is -0.332 e. The fourth-order valence-electron chi connectivity index (χ4n) is 3.73. The monoisotopic (exact) mass is 298 g/mol. The maximum Gasteiger partial charge on any atom is 0.252 e. The Balaban J connectivity index is 1.94. The van der Waals surface area contributed by atoms with Crippen LogP contribution in [0.3, 0.4) is 0 Å². The molecule has 0 radical (unpaired) electrons. The maximum atomic E-state index is 13.4. The highest BCUT2D eigenvalue weighted by Gasteiger charge is 2.59. The van der Waals surface area contributed by atoms with Gasteiger partial charge in [-0.2, -0.15) is 0 Å². The van der Waals surface area contributed by atoms with Crippen LogP contribution in [0.5, 0.6) is 0 Å². The third kappa shape index (κ3) is 2.03. The summed E-state index contributed by atoms with van der Waals surface area (Å²) in [5.41, 5.74) is -0.976. The van der Waals surface area contributed by atoms with E-state index in [1.807, 2.05) is 0 Å². The van der Waals surface area contributed by atoms with Gasteiger partial charge in [0.1, 0.15) is 11.2 Å². The summed E-state index contributed by atoms with van der Waals surface area (Å²) in [6.45, 7) is 1.63. The van der Waals surface area contributed by atoms with Gasteiger partial charge in [-0.1, -0.05) is 6.92 Å². The molecule has 3 heterocycles. The molecule has 0 N–H and O–H groups in total. The predicted octanol–water partition coefficient (Wildman–Crippen LogP) is 3.32. The van der Waals surface area contributed by atoms with E-state index >= 15 is 0 Å². The SMILES string of the molecule is CC[C@]1(C(F)F)C[C@H]2CC[C@H](c3cncc(F)c3)N2C1=O. The van der Waals surface area contributed by atoms with Crippen LogP contribution in [0.15, 0.2) is 18.5 Å². The number of amides is 1. The van der Waals surface area contributed by atoms with Crippen molar-refractivity contribution in [2.24, 2.45) is 5.41 Å². The number of aromatic nitrogens is 1. The third-order valence-corrected chi connectivity index (χ3v) is 4.92. The van der Waals surface area contributed by atoms with Gasteiger partial charge in [-0.15, -0.1) is 0 Å². The van der Waals surface area contributed by atoms with Gasteiger partial charge in [0.05, 0.1) is 12.2 Å². The minimum absolute atomic E-state index is 0.130. The number of carbonyl (C=O) groups is 1. The summed E-state index contributed by atoms with van der Waals surface area (Å²) in [5.74, 6) is -0.963. The van der Waals surface area contributed by atoms with Crippen LogP contribution in [0.4, 0.5) is 13.2 Å². The Morgan fingerprint density at radius 2 is 2.19 bits per heavy atom. The molecule has 1 aromatic rings. The summed E-state index contributed by atoms with van der Waals surface area (Å²) in [6.07, 6.45) is 1.62. The van der Waals surface area contributed by atoms with Crippen LogP contribution in [0.2, 0.25) is 0 Å². The van der Waals surface area contributed by atoms with Crippen molar-refractivity contribution in [2.75, 3.05) is 0 Å². The third-order valence-electron chi connectivity index (χ3n) is 4.92. The van der Waals surface area contributed by atoms with Crippen LogP contribution in [0, 0.1) is 11.2 Å². The zero-order valence-electron chi connectivity index (χ0n) is 11.7. The molecule has 3 nitrogen and oxygen atoms in total. The minimum atomic E-state index is -2.66. The first-order valence-electron chi connectivity index (χ1n) is 7.21. The highest BCUT2D eigenvalue weighted by Crippen LogP contribution is 2.52. The first-order valence-corrected chi connectivity index (χ1v) is 7.21. The number of halogens is 3. The second-order valence-electron chi connectivity index (χ2n) is 5.91. The van der Waals surface area contributed by atoms with Gasteiger partial charge in [0.15, 0.2) is 0 Å². The number of hydrogen-bond acceptors (Lipinski definition) is 2. The molecule has 114 valence electrons. The Kier molecular flexibility index (Phi) is 3.42. The van der Waals surface area contributed by atoms with Crippen molar-refractivity contribution in [3.05, 3.63) is 29.8 Å². The fourth-order valence-corrected chi connectivity index (χ4v) is 3.73. The molecule has 21 heavy (non-hydrogen) atoms. The van der Waals surface area contributed by atoms with Crippen molar-refractivity contribution in [2.45, 2.75) is 51.1 Å². The fraction of sp³-hybridized carbons (Fsp3) is 0.600. The zero-order chi connectivity index (χ0) is 15.2. The second kappa shape index (κ2) is 5.00. The van der Waals surface area contributed by atoms with Gasteiger partial charge < -0.3 is 4.90 Å². The molecule has 2 aliphatic rings. The van der Waals surface area contributed by atoms with Gasteiger partial charge in [0, 0.05) is 12.2 Å². The van der Waals surface area contributed by atoms with Gasteiger partial charge in [-0.05, 0) is 37.3 Å². The molecule has 0 aliphatic carbocycles. The predicted molar refractivity (Wildman–Crippen MR) is 70.1 cm³/mol. The molecule has 3 rings (SSSR count). The largest absolute Gasteiger partial charge is 0.332 e. The molecule has 0 spiro atoms. The Labute approximate surface area is 121 Å². The van der Waals surface area contributed by atoms with Crippen LogP contribution in [-0.4, -0.2) is 28.3 Å². The molecule has 6 heteroatoms. The molecule has 1 aromatic heterocycles. The van der Waals surface area contributed by atoms with Gasteiger partial charge in [0.2, 0.25) is 5.91 Å². The molecular formula is C15H17F3N2O. The number of nitrogens with zero attached hydrogens (tertiary/aromatic N) is 2. The summed E-state index contributed by atoms with van der Waals surface area (Å²) in [4.78, 5) is 17.9. The Bertz CT molecular complexity index is 566. The maximum absolute atomic E-state index is 13.4. The van der Waals surface area contributed by atoms with Gasteiger partial charge in [-0.3, -0.25) is 9.78 Å². The first-order chi connectivity index (χ1) is 9.99. The van der Waals surface area contributed by atoms with Crippen LogP contribution in [0.1, 0.15) is 44.2 Å². The topological polar surface area (TPSA) is 33.2 Å². The normalized spacial score (nSPS) is 32.0. The van der Waals surface area contributed by atoms with Gasteiger partial charge in [-0.25, -0.2) is 13.2 Å². The van der Waals surface area contributed by atoms with E-state index in [1.165, 1.54) is 12.3 Å². The summed E-state index contributed by atoms with van der Waals surface area (Å²) in [5, 5.41) is 0. The van der Waals surface area contributed by atoms with Gasteiger partial charge in [0.25, 0.3) is 6.43 Å². The lowest BCUT2D eigenvalue weighted by Gasteiger charge is -2.29. The van der Waals surface area contributed by atoms with Crippen LogP contribution in [-0.2, 0) is 4.79 Å². The average molecular weight is 298 g/mol. The lowest BCUT2D eigenvalue weighted by atomic mass is 9.81. The van der Waals surface area contributed by atoms with E-state index in [9.17, 15) is 18.0 Å². The number of carbonyl (C=O) groups excluding carboxylic acids is 1. The Morgan fingerprint density at radius 3 is 2.81 bits per heavy atom. The number of fused-ring (bicyclic) bond motifs is 1. The van der Waals surface area contributed by atoms with Gasteiger partial charge >= 0.3 is 0 Å². The van der Waals surface area contributed by atoms with Crippen molar-refractivity contribution in [1.29, 1.82) is 0 Å². The smallest absolute Gasteiger partial charge is 0.252 e. The van der Waals surface area contributed by atoms with Crippen molar-refractivity contribution in [1.82, 2.24) is 9.88 Å². The number of rotatable bonds is 3. The molecule has 3 atom stereocenters. The van der Waals surface area contributed by atoms with Crippen LogP contribution < -0.4 is 0 Å². The lowest BCUT2D eigenvalue weighted by molar-refractivity contribution is -0.146. The summed E-state index contributed by atoms with van der Waals surface area (Å²) >= 11 is 0. The molecule has 1 amide bonds. The first kappa shape index (κ1) is 14.4. The molecule has 0 aromatic carbocycles. The molecule has 0 bridgehead atoms. The molecule has 2 aliphatic heterocycles. The number of alkyl halides is 2.